The van der Waals surface area contributed by atoms with Crippen LogP contribution in [0.5, 0.6) is 0 Å². The Bertz CT molecular complexity index is 262. The molecule has 0 aliphatic rings. The van der Waals surface area contributed by atoms with Gasteiger partial charge in [0.2, 0.25) is 0 Å². The van der Waals surface area contributed by atoms with Gasteiger partial charge in [0.1, 0.15) is 5.60 Å². The van der Waals surface area contributed by atoms with Crippen LogP contribution in [0, 0.1) is 5.92 Å². The fourth-order valence-corrected chi connectivity index (χ4v) is 1.77. The van der Waals surface area contributed by atoms with Crippen LogP contribution in [-0.4, -0.2) is 36.9 Å². The molecule has 0 bridgehead atoms. The smallest absolute Gasteiger partial charge is 0.407 e. The predicted molar refractivity (Wildman–Crippen MR) is 79.1 cm³/mol. The minimum Gasteiger partial charge on any atom is -0.444 e. The summed E-state index contributed by atoms with van der Waals surface area (Å²) >= 11 is 0. The van der Waals surface area contributed by atoms with E-state index in [2.05, 4.69) is 24.5 Å². The summed E-state index contributed by atoms with van der Waals surface area (Å²) in [6.07, 6.45) is 0.614. The molecule has 0 aromatic rings. The molecule has 0 spiro atoms. The Morgan fingerprint density at radius 1 is 1.26 bits per heavy atom. The Morgan fingerprint density at radius 2 is 1.84 bits per heavy atom. The van der Waals surface area contributed by atoms with Gasteiger partial charge in [-0.15, -0.1) is 0 Å². The molecule has 19 heavy (non-hydrogen) atoms. The average molecular weight is 273 g/mol. The van der Waals surface area contributed by atoms with Crippen molar-refractivity contribution in [2.24, 2.45) is 11.7 Å². The van der Waals surface area contributed by atoms with Crippen molar-refractivity contribution in [3.05, 3.63) is 0 Å². The van der Waals surface area contributed by atoms with Crippen LogP contribution in [0.15, 0.2) is 0 Å². The summed E-state index contributed by atoms with van der Waals surface area (Å²) in [7, 11) is 0. The van der Waals surface area contributed by atoms with Crippen molar-refractivity contribution in [1.82, 2.24) is 10.6 Å². The van der Waals surface area contributed by atoms with Crippen LogP contribution in [0.25, 0.3) is 0 Å². The molecule has 1 amide bonds. The third-order valence-electron chi connectivity index (χ3n) is 2.52. The highest BCUT2D eigenvalue weighted by molar-refractivity contribution is 5.67. The van der Waals surface area contributed by atoms with Crippen molar-refractivity contribution < 1.29 is 9.53 Å². The van der Waals surface area contributed by atoms with Crippen LogP contribution >= 0.6 is 0 Å². The molecule has 0 radical (unpaired) electrons. The molecular formula is C14H31N3O2. The summed E-state index contributed by atoms with van der Waals surface area (Å²) < 4.78 is 5.22. The minimum atomic E-state index is -0.463. The molecule has 0 aromatic heterocycles. The molecule has 5 nitrogen and oxygen atoms in total. The van der Waals surface area contributed by atoms with Gasteiger partial charge in [0.05, 0.1) is 0 Å². The maximum Gasteiger partial charge on any atom is 0.407 e. The molecule has 0 saturated heterocycles. The normalized spacial score (nSPS) is 15.2. The van der Waals surface area contributed by atoms with Crippen LogP contribution in [0.3, 0.4) is 0 Å². The Balaban J connectivity index is 4.21. The van der Waals surface area contributed by atoms with Gasteiger partial charge < -0.3 is 21.1 Å². The summed E-state index contributed by atoms with van der Waals surface area (Å²) in [5, 5.41) is 6.23. The van der Waals surface area contributed by atoms with E-state index in [4.69, 9.17) is 10.5 Å². The van der Waals surface area contributed by atoms with E-state index >= 15 is 0 Å². The Hall–Kier alpha value is -0.810. The lowest BCUT2D eigenvalue weighted by Crippen LogP contribution is -2.48. The number of hydrogen-bond acceptors (Lipinski definition) is 4. The van der Waals surface area contributed by atoms with Crippen LogP contribution in [0.1, 0.15) is 48.0 Å². The third kappa shape index (κ3) is 10.8. The summed E-state index contributed by atoms with van der Waals surface area (Å²) in [6, 6.07) is 0.454. The highest BCUT2D eigenvalue weighted by Gasteiger charge is 2.18. The van der Waals surface area contributed by atoms with Gasteiger partial charge in [-0.2, -0.15) is 0 Å². The number of rotatable bonds is 7. The van der Waals surface area contributed by atoms with Gasteiger partial charge in [0.25, 0.3) is 0 Å². The standard InChI is InChI=1S/C14H31N3O2/c1-10(2)7-12(17-11(3)8-15)9-16-13(18)19-14(4,5)6/h10-12,17H,7-9,15H2,1-6H3,(H,16,18). The molecule has 0 aromatic carbocycles. The number of alkyl carbamates (subject to hydrolysis) is 1. The fourth-order valence-electron chi connectivity index (χ4n) is 1.77. The number of nitrogens with two attached hydrogens (primary N) is 1. The minimum absolute atomic E-state index is 0.214. The van der Waals surface area contributed by atoms with Crippen molar-refractivity contribution in [2.45, 2.75) is 65.6 Å². The largest absolute Gasteiger partial charge is 0.444 e. The van der Waals surface area contributed by atoms with Crippen LogP contribution in [-0.2, 0) is 4.74 Å². The van der Waals surface area contributed by atoms with E-state index in [0.29, 0.717) is 19.0 Å². The molecule has 0 saturated carbocycles. The van der Waals surface area contributed by atoms with E-state index in [1.165, 1.54) is 0 Å². The molecule has 0 rings (SSSR count). The Morgan fingerprint density at radius 3 is 2.26 bits per heavy atom. The molecule has 2 unspecified atom stereocenters. The van der Waals surface area contributed by atoms with E-state index in [0.717, 1.165) is 6.42 Å². The monoisotopic (exact) mass is 273 g/mol. The number of amides is 1. The van der Waals surface area contributed by atoms with E-state index in [9.17, 15) is 4.79 Å². The first-order valence-corrected chi connectivity index (χ1v) is 7.07. The van der Waals surface area contributed by atoms with Gasteiger partial charge in [-0.05, 0) is 40.0 Å². The van der Waals surface area contributed by atoms with E-state index in [1.54, 1.807) is 0 Å². The number of nitrogens with one attached hydrogen (secondary N) is 2. The molecule has 0 heterocycles. The zero-order valence-corrected chi connectivity index (χ0v) is 13.2. The van der Waals surface area contributed by atoms with Crippen LogP contribution in [0.2, 0.25) is 0 Å². The maximum absolute atomic E-state index is 11.6. The van der Waals surface area contributed by atoms with Gasteiger partial charge in [0, 0.05) is 25.2 Å². The molecule has 0 aliphatic carbocycles. The van der Waals surface area contributed by atoms with Gasteiger partial charge in [-0.25, -0.2) is 4.79 Å². The van der Waals surface area contributed by atoms with Gasteiger partial charge >= 0.3 is 6.09 Å². The first-order valence-electron chi connectivity index (χ1n) is 7.07. The van der Waals surface area contributed by atoms with E-state index in [1.807, 2.05) is 27.7 Å². The second-order valence-electron chi connectivity index (χ2n) is 6.51. The summed E-state index contributed by atoms with van der Waals surface area (Å²) in [5.74, 6) is 0.558. The third-order valence-corrected chi connectivity index (χ3v) is 2.52. The molecule has 5 heteroatoms. The first kappa shape index (κ1) is 18.2. The van der Waals surface area contributed by atoms with Gasteiger partial charge in [-0.3, -0.25) is 0 Å². The van der Waals surface area contributed by atoms with Gasteiger partial charge in [0.15, 0.2) is 0 Å². The van der Waals surface area contributed by atoms with Crippen molar-refractivity contribution in [3.63, 3.8) is 0 Å². The lowest BCUT2D eigenvalue weighted by atomic mass is 10.0. The summed E-state index contributed by atoms with van der Waals surface area (Å²) in [4.78, 5) is 11.6. The molecular weight excluding hydrogens is 242 g/mol. The number of carbonyl (C=O) groups is 1. The van der Waals surface area contributed by atoms with Gasteiger partial charge in [-0.1, -0.05) is 13.8 Å². The maximum atomic E-state index is 11.6. The van der Waals surface area contributed by atoms with Crippen molar-refractivity contribution in [3.8, 4) is 0 Å². The Kier molecular flexibility index (Phi) is 8.02. The van der Waals surface area contributed by atoms with Crippen LogP contribution in [0.4, 0.5) is 4.79 Å². The lowest BCUT2D eigenvalue weighted by molar-refractivity contribution is 0.0520. The number of hydrogen-bond donors (Lipinski definition) is 3. The lowest BCUT2D eigenvalue weighted by Gasteiger charge is -2.25. The highest BCUT2D eigenvalue weighted by Crippen LogP contribution is 2.08. The molecule has 0 aliphatic heterocycles. The topological polar surface area (TPSA) is 76.4 Å². The average Bonchev–Trinajstić information content (AvgIpc) is 2.22. The predicted octanol–water partition coefficient (Wildman–Crippen LogP) is 1.86. The highest BCUT2D eigenvalue weighted by atomic mass is 16.6. The molecule has 0 fully saturated rings. The molecule has 4 N–H and O–H groups in total. The molecule has 2 atom stereocenters. The molecule has 114 valence electrons. The van der Waals surface area contributed by atoms with Crippen molar-refractivity contribution in [2.75, 3.05) is 13.1 Å². The van der Waals surface area contributed by atoms with E-state index in [-0.39, 0.29) is 18.2 Å². The summed E-state index contributed by atoms with van der Waals surface area (Å²) in [5.41, 5.74) is 5.15. The zero-order chi connectivity index (χ0) is 15.1. The van der Waals surface area contributed by atoms with Crippen molar-refractivity contribution in [1.29, 1.82) is 0 Å². The quantitative estimate of drug-likeness (QED) is 0.662. The van der Waals surface area contributed by atoms with Crippen molar-refractivity contribution >= 4 is 6.09 Å². The zero-order valence-electron chi connectivity index (χ0n) is 13.2. The number of ether oxygens (including phenoxy) is 1. The number of carbonyl (C=O) groups excluding carboxylic acids is 1. The van der Waals surface area contributed by atoms with Crippen LogP contribution < -0.4 is 16.4 Å². The first-order chi connectivity index (χ1) is 8.64. The summed E-state index contributed by atoms with van der Waals surface area (Å²) in [6.45, 7) is 13.1. The second-order valence-corrected chi connectivity index (χ2v) is 6.51. The second kappa shape index (κ2) is 8.38. The Labute approximate surface area is 117 Å². The fraction of sp³-hybridized carbons (Fsp3) is 0.929. The van der Waals surface area contributed by atoms with E-state index < -0.39 is 5.60 Å². The SMILES string of the molecule is CC(C)CC(CNC(=O)OC(C)(C)C)NC(C)CN.